The summed E-state index contributed by atoms with van der Waals surface area (Å²) < 4.78 is 28.2. The Morgan fingerprint density at radius 1 is 1.06 bits per heavy atom. The molecule has 4 aliphatic rings. The van der Waals surface area contributed by atoms with Crippen LogP contribution in [0.15, 0.2) is 41.3 Å². The lowest BCUT2D eigenvalue weighted by atomic mass is 9.48. The van der Waals surface area contributed by atoms with Gasteiger partial charge in [-0.3, -0.25) is 9.52 Å². The van der Waals surface area contributed by atoms with Crippen molar-refractivity contribution in [2.75, 3.05) is 4.72 Å². The fourth-order valence-corrected chi connectivity index (χ4v) is 8.40. The van der Waals surface area contributed by atoms with E-state index in [-0.39, 0.29) is 28.3 Å². The van der Waals surface area contributed by atoms with Crippen molar-refractivity contribution < 1.29 is 13.2 Å². The molecule has 4 bridgehead atoms. The molecule has 1 N–H and O–H groups in total. The number of rotatable bonds is 7. The van der Waals surface area contributed by atoms with Crippen LogP contribution >= 0.6 is 11.6 Å². The molecule has 0 saturated heterocycles. The Hall–Kier alpha value is -1.92. The van der Waals surface area contributed by atoms with E-state index in [1.54, 1.807) is 37.3 Å². The molecular weight excluding hydrogens is 444 g/mol. The second-order valence-electron chi connectivity index (χ2n) is 10.3. The van der Waals surface area contributed by atoms with Gasteiger partial charge in [0.25, 0.3) is 10.0 Å². The fourth-order valence-electron chi connectivity index (χ4n) is 6.90. The van der Waals surface area contributed by atoms with Gasteiger partial charge >= 0.3 is 0 Å². The second kappa shape index (κ2) is 8.14. The van der Waals surface area contributed by atoms with Crippen LogP contribution in [-0.2, 0) is 21.2 Å². The molecule has 5 nitrogen and oxygen atoms in total. The van der Waals surface area contributed by atoms with E-state index in [9.17, 15) is 13.2 Å². The molecule has 0 atom stereocenters. The fraction of sp³-hybridized carbons (Fsp3) is 0.520. The van der Waals surface area contributed by atoms with Gasteiger partial charge in [-0.05, 0) is 98.4 Å². The molecule has 170 valence electrons. The van der Waals surface area contributed by atoms with Crippen molar-refractivity contribution in [1.29, 1.82) is 0 Å². The number of sulfonamides is 1. The van der Waals surface area contributed by atoms with Crippen molar-refractivity contribution >= 4 is 33.2 Å². The Kier molecular flexibility index (Phi) is 5.57. The molecule has 0 amide bonds. The number of nitrogens with zero attached hydrogens (tertiary/aromatic N) is 1. The van der Waals surface area contributed by atoms with Crippen LogP contribution in [0.2, 0.25) is 5.02 Å². The van der Waals surface area contributed by atoms with Gasteiger partial charge in [-0.15, -0.1) is 0 Å². The molecule has 6 rings (SSSR count). The number of pyridine rings is 1. The molecule has 32 heavy (non-hydrogen) atoms. The minimum Gasteiger partial charge on any atom is -0.299 e. The van der Waals surface area contributed by atoms with Crippen molar-refractivity contribution in [2.45, 2.75) is 63.2 Å². The van der Waals surface area contributed by atoms with E-state index in [0.717, 1.165) is 17.8 Å². The predicted octanol–water partition coefficient (Wildman–Crippen LogP) is 5.56. The molecule has 4 fully saturated rings. The van der Waals surface area contributed by atoms with Crippen molar-refractivity contribution in [3.63, 3.8) is 0 Å². The Balaban J connectivity index is 1.27. The molecule has 0 radical (unpaired) electrons. The van der Waals surface area contributed by atoms with Crippen LogP contribution in [-0.4, -0.2) is 19.2 Å². The van der Waals surface area contributed by atoms with Gasteiger partial charge < -0.3 is 0 Å². The monoisotopic (exact) mass is 472 g/mol. The summed E-state index contributed by atoms with van der Waals surface area (Å²) in [6.45, 7) is 1.67. The lowest BCUT2D eigenvalue weighted by Gasteiger charge is -2.56. The molecule has 7 heteroatoms. The molecule has 4 aliphatic carbocycles. The summed E-state index contributed by atoms with van der Waals surface area (Å²) in [5.74, 6) is 2.88. The number of aromatic nitrogens is 1. The molecular formula is C25H29ClN2O3S. The number of benzene rings is 1. The highest BCUT2D eigenvalue weighted by Crippen LogP contribution is 2.61. The molecule has 0 unspecified atom stereocenters. The maximum absolute atomic E-state index is 13.0. The molecule has 1 aromatic carbocycles. The third-order valence-corrected chi connectivity index (χ3v) is 9.58. The first-order valence-electron chi connectivity index (χ1n) is 11.5. The average molecular weight is 473 g/mol. The number of carbonyl (C=O) groups is 1. The van der Waals surface area contributed by atoms with Gasteiger partial charge in [0.1, 0.15) is 11.6 Å². The van der Waals surface area contributed by atoms with Crippen molar-refractivity contribution in [2.24, 2.45) is 23.2 Å². The normalized spacial score (nSPS) is 28.6. The molecule has 0 spiro atoms. The largest absolute Gasteiger partial charge is 0.299 e. The van der Waals surface area contributed by atoms with Gasteiger partial charge in [-0.25, -0.2) is 13.4 Å². The van der Waals surface area contributed by atoms with Crippen LogP contribution in [0.25, 0.3) is 0 Å². The minimum absolute atomic E-state index is 0.120. The van der Waals surface area contributed by atoms with Crippen LogP contribution in [0.4, 0.5) is 5.82 Å². The summed E-state index contributed by atoms with van der Waals surface area (Å²) in [4.78, 5) is 17.6. The molecule has 2 aromatic rings. The standard InChI is InChI=1S/C25H29ClN2O3S/c1-16-22(26)5-3-6-23(16)32(30,31)28-24-7-2-4-20(27-24)11-21(29)15-25-12-17-8-18(13-25)10-19(9-17)14-25/h2-7,17-19H,8-15H2,1H3,(H,27,28). The van der Waals surface area contributed by atoms with Gasteiger partial charge in [-0.2, -0.15) is 0 Å². The molecule has 1 aromatic heterocycles. The highest BCUT2D eigenvalue weighted by molar-refractivity contribution is 7.92. The number of nitrogens with one attached hydrogen (secondary N) is 1. The van der Waals surface area contributed by atoms with Crippen molar-refractivity contribution in [1.82, 2.24) is 4.98 Å². The summed E-state index contributed by atoms with van der Waals surface area (Å²) in [6.07, 6.45) is 8.59. The molecule has 0 aliphatic heterocycles. The number of anilines is 1. The molecule has 1 heterocycles. The maximum atomic E-state index is 13.0. The van der Waals surface area contributed by atoms with E-state index < -0.39 is 10.0 Å². The highest BCUT2D eigenvalue weighted by atomic mass is 35.5. The zero-order valence-corrected chi connectivity index (χ0v) is 19.9. The summed E-state index contributed by atoms with van der Waals surface area (Å²) >= 11 is 6.09. The van der Waals surface area contributed by atoms with E-state index in [2.05, 4.69) is 9.71 Å². The average Bonchev–Trinajstić information content (AvgIpc) is 2.68. The van der Waals surface area contributed by atoms with Crippen molar-refractivity contribution in [3.05, 3.63) is 52.7 Å². The van der Waals surface area contributed by atoms with Crippen molar-refractivity contribution in [3.8, 4) is 0 Å². The number of ketones is 1. The number of hydrogen-bond donors (Lipinski definition) is 1. The van der Waals surface area contributed by atoms with E-state index in [1.165, 1.54) is 44.6 Å². The number of hydrogen-bond acceptors (Lipinski definition) is 4. The summed E-state index contributed by atoms with van der Waals surface area (Å²) in [6, 6.07) is 9.91. The van der Waals surface area contributed by atoms with E-state index in [1.807, 2.05) is 0 Å². The van der Waals surface area contributed by atoms with E-state index >= 15 is 0 Å². The van der Waals surface area contributed by atoms with Gasteiger partial charge in [-0.1, -0.05) is 23.7 Å². The summed E-state index contributed by atoms with van der Waals surface area (Å²) in [7, 11) is -3.83. The number of Topliss-reactive ketones (excluding diaryl/α,β-unsaturated/α-hetero) is 1. The SMILES string of the molecule is Cc1c(Cl)cccc1S(=O)(=O)Nc1cccc(CC(=O)CC23CC4CC(CC(C4)C2)C3)n1. The first kappa shape index (κ1) is 21.9. The van der Waals surface area contributed by atoms with Gasteiger partial charge in [0, 0.05) is 17.9 Å². The number of halogens is 1. The summed E-state index contributed by atoms with van der Waals surface area (Å²) in [5, 5.41) is 0.393. The van der Waals surface area contributed by atoms with Crippen LogP contribution in [0.5, 0.6) is 0 Å². The lowest BCUT2D eigenvalue weighted by molar-refractivity contribution is -0.126. The Morgan fingerprint density at radius 2 is 1.69 bits per heavy atom. The third kappa shape index (κ3) is 4.32. The van der Waals surface area contributed by atoms with E-state index in [0.29, 0.717) is 22.7 Å². The van der Waals surface area contributed by atoms with Crippen LogP contribution in [0, 0.1) is 30.1 Å². The first-order valence-corrected chi connectivity index (χ1v) is 13.3. The predicted molar refractivity (Wildman–Crippen MR) is 125 cm³/mol. The summed E-state index contributed by atoms with van der Waals surface area (Å²) in [5.41, 5.74) is 1.29. The Bertz CT molecular complexity index is 1130. The second-order valence-corrected chi connectivity index (χ2v) is 12.4. The number of carbonyl (C=O) groups excluding carboxylic acids is 1. The zero-order chi connectivity index (χ0) is 22.5. The van der Waals surface area contributed by atoms with Gasteiger partial charge in [0.2, 0.25) is 0 Å². The highest BCUT2D eigenvalue weighted by Gasteiger charge is 2.51. The topological polar surface area (TPSA) is 76.1 Å². The van der Waals surface area contributed by atoms with Crippen LogP contribution < -0.4 is 4.72 Å². The smallest absolute Gasteiger partial charge is 0.263 e. The maximum Gasteiger partial charge on any atom is 0.263 e. The molecule has 4 saturated carbocycles. The van der Waals surface area contributed by atoms with Gasteiger partial charge in [0.05, 0.1) is 10.6 Å². The zero-order valence-electron chi connectivity index (χ0n) is 18.3. The minimum atomic E-state index is -3.83. The van der Waals surface area contributed by atoms with E-state index in [4.69, 9.17) is 11.6 Å². The Labute approximate surface area is 195 Å². The quantitative estimate of drug-likeness (QED) is 0.572. The lowest BCUT2D eigenvalue weighted by Crippen LogP contribution is -2.47. The third-order valence-electron chi connectivity index (χ3n) is 7.67. The van der Waals surface area contributed by atoms with Crippen LogP contribution in [0.3, 0.4) is 0 Å². The Morgan fingerprint density at radius 3 is 2.34 bits per heavy atom. The van der Waals surface area contributed by atoms with Gasteiger partial charge in [0.15, 0.2) is 0 Å². The first-order chi connectivity index (χ1) is 15.2. The van der Waals surface area contributed by atoms with Crippen LogP contribution in [0.1, 0.15) is 56.2 Å².